The summed E-state index contributed by atoms with van der Waals surface area (Å²) in [4.78, 5) is 54.7. The molecule has 4 unspecified atom stereocenters. The number of amides is 4. The molecule has 1 aromatic carbocycles. The second-order valence-electron chi connectivity index (χ2n) is 12.7. The van der Waals surface area contributed by atoms with Crippen LogP contribution in [0.5, 0.6) is 0 Å². The van der Waals surface area contributed by atoms with Gasteiger partial charge in [0.15, 0.2) is 0 Å². The summed E-state index contributed by atoms with van der Waals surface area (Å²) in [6, 6.07) is 3.33. The van der Waals surface area contributed by atoms with Gasteiger partial charge in [-0.1, -0.05) is 51.0 Å². The number of primary amides is 1. The van der Waals surface area contributed by atoms with E-state index >= 15 is 0 Å². The summed E-state index contributed by atoms with van der Waals surface area (Å²) >= 11 is 0. The zero-order chi connectivity index (χ0) is 31.5. The number of carbonyl (C=O) groups is 4. The van der Waals surface area contributed by atoms with Crippen molar-refractivity contribution in [1.82, 2.24) is 15.5 Å². The number of alkyl carbamates (subject to hydrolysis) is 1. The summed E-state index contributed by atoms with van der Waals surface area (Å²) in [5, 5.41) is 5.79. The molecule has 0 fully saturated rings. The number of hydrogen-bond acceptors (Lipinski definition) is 5. The Bertz CT molecular complexity index is 1030. The quantitative estimate of drug-likeness (QED) is 0.256. The Morgan fingerprint density at radius 3 is 2.10 bits per heavy atom. The first kappa shape index (κ1) is 35.9. The lowest BCUT2D eigenvalue weighted by Crippen LogP contribution is -2.56. The van der Waals surface area contributed by atoms with Crippen LogP contribution in [-0.2, 0) is 19.1 Å². The van der Waals surface area contributed by atoms with Crippen LogP contribution in [0, 0.1) is 19.8 Å². The van der Waals surface area contributed by atoms with E-state index in [2.05, 4.69) is 31.4 Å². The van der Waals surface area contributed by atoms with Crippen molar-refractivity contribution in [1.29, 1.82) is 0 Å². The number of hydrogen-bond donors (Lipinski definition) is 3. The molecule has 9 heteroatoms. The Labute approximate surface area is 247 Å². The maximum Gasteiger partial charge on any atom is 0.408 e. The van der Waals surface area contributed by atoms with Crippen LogP contribution < -0.4 is 16.4 Å². The molecule has 0 heterocycles. The summed E-state index contributed by atoms with van der Waals surface area (Å²) in [7, 11) is 0. The summed E-state index contributed by atoms with van der Waals surface area (Å²) in [6.45, 7) is 19.3. The Kier molecular flexibility index (Phi) is 14.3. The predicted molar refractivity (Wildman–Crippen MR) is 163 cm³/mol. The molecule has 232 valence electrons. The summed E-state index contributed by atoms with van der Waals surface area (Å²) < 4.78 is 5.43. The molecule has 4 amide bonds. The van der Waals surface area contributed by atoms with Crippen LogP contribution in [0.15, 0.2) is 18.2 Å². The lowest BCUT2D eigenvalue weighted by Gasteiger charge is -2.39. The minimum Gasteiger partial charge on any atom is -0.444 e. The van der Waals surface area contributed by atoms with E-state index in [-0.39, 0.29) is 30.8 Å². The molecule has 0 saturated carbocycles. The van der Waals surface area contributed by atoms with Crippen LogP contribution >= 0.6 is 0 Å². The Balaban J connectivity index is 3.73. The van der Waals surface area contributed by atoms with Crippen molar-refractivity contribution in [2.75, 3.05) is 0 Å². The molecule has 9 nitrogen and oxygen atoms in total. The van der Waals surface area contributed by atoms with Crippen molar-refractivity contribution in [2.24, 2.45) is 11.7 Å². The van der Waals surface area contributed by atoms with E-state index in [1.165, 1.54) is 0 Å². The lowest BCUT2D eigenvalue weighted by molar-refractivity contribution is -0.145. The molecular weight excluding hydrogens is 520 g/mol. The molecule has 0 spiro atoms. The monoisotopic (exact) mass is 574 g/mol. The maximum atomic E-state index is 14.5. The van der Waals surface area contributed by atoms with E-state index in [4.69, 9.17) is 10.5 Å². The number of nitrogens with two attached hydrogens (primary N) is 1. The summed E-state index contributed by atoms with van der Waals surface area (Å²) in [5.74, 6) is -0.951. The molecule has 4 atom stereocenters. The molecule has 4 N–H and O–H groups in total. The average Bonchev–Trinajstić information content (AvgIpc) is 2.82. The van der Waals surface area contributed by atoms with E-state index < -0.39 is 35.6 Å². The van der Waals surface area contributed by atoms with Crippen molar-refractivity contribution in [2.45, 2.75) is 138 Å². The SMILES string of the molecule is CCCC(C)NC(=O)C(c1ccc(C)cc1C)N(C(=O)C(CCC(N)=O)NC(=O)OC(C)(C)C)C(C)CCC(C)C. The molecule has 0 aliphatic carbocycles. The molecule has 0 aromatic heterocycles. The Morgan fingerprint density at radius 1 is 0.951 bits per heavy atom. The molecular formula is C32H54N4O5. The highest BCUT2D eigenvalue weighted by Crippen LogP contribution is 2.30. The van der Waals surface area contributed by atoms with Crippen LogP contribution in [0.3, 0.4) is 0 Å². The third-order valence-corrected chi connectivity index (χ3v) is 6.92. The van der Waals surface area contributed by atoms with Crippen molar-refractivity contribution in [3.05, 3.63) is 34.9 Å². The van der Waals surface area contributed by atoms with Gasteiger partial charge in [0.25, 0.3) is 0 Å². The number of aryl methyl sites for hydroxylation is 2. The maximum absolute atomic E-state index is 14.5. The first-order valence-electron chi connectivity index (χ1n) is 14.9. The van der Waals surface area contributed by atoms with Crippen molar-refractivity contribution in [3.63, 3.8) is 0 Å². The molecule has 0 aliphatic rings. The largest absolute Gasteiger partial charge is 0.444 e. The fraction of sp³-hybridized carbons (Fsp3) is 0.688. The normalized spacial score (nSPS) is 14.5. The number of nitrogens with one attached hydrogen (secondary N) is 2. The number of benzene rings is 1. The van der Waals surface area contributed by atoms with Crippen molar-refractivity contribution < 1.29 is 23.9 Å². The van der Waals surface area contributed by atoms with Gasteiger partial charge in [0.2, 0.25) is 17.7 Å². The highest BCUT2D eigenvalue weighted by atomic mass is 16.6. The van der Waals surface area contributed by atoms with Gasteiger partial charge in [-0.3, -0.25) is 14.4 Å². The highest BCUT2D eigenvalue weighted by Gasteiger charge is 2.39. The third kappa shape index (κ3) is 12.5. The van der Waals surface area contributed by atoms with Crippen molar-refractivity contribution in [3.8, 4) is 0 Å². The van der Waals surface area contributed by atoms with Gasteiger partial charge in [-0.2, -0.15) is 0 Å². The fourth-order valence-electron chi connectivity index (χ4n) is 4.86. The number of rotatable bonds is 15. The van der Waals surface area contributed by atoms with Gasteiger partial charge in [-0.25, -0.2) is 4.79 Å². The first-order valence-corrected chi connectivity index (χ1v) is 14.9. The second-order valence-corrected chi connectivity index (χ2v) is 12.7. The van der Waals surface area contributed by atoms with E-state index in [0.29, 0.717) is 17.9 Å². The molecule has 0 saturated heterocycles. The van der Waals surface area contributed by atoms with E-state index in [1.54, 1.807) is 25.7 Å². The molecule has 0 radical (unpaired) electrons. The van der Waals surface area contributed by atoms with Crippen molar-refractivity contribution >= 4 is 23.8 Å². The van der Waals surface area contributed by atoms with Gasteiger partial charge >= 0.3 is 6.09 Å². The van der Waals surface area contributed by atoms with Gasteiger partial charge in [-0.15, -0.1) is 0 Å². The van der Waals surface area contributed by atoms with E-state index in [1.807, 2.05) is 45.9 Å². The van der Waals surface area contributed by atoms with Gasteiger partial charge in [-0.05, 0) is 91.2 Å². The third-order valence-electron chi connectivity index (χ3n) is 6.92. The first-order chi connectivity index (χ1) is 19.0. The molecule has 1 rings (SSSR count). The molecule has 0 bridgehead atoms. The minimum absolute atomic E-state index is 0.0196. The number of ether oxygens (including phenoxy) is 1. The summed E-state index contributed by atoms with van der Waals surface area (Å²) in [6.07, 6.45) is 2.27. The predicted octanol–water partition coefficient (Wildman–Crippen LogP) is 5.46. The van der Waals surface area contributed by atoms with Crippen LogP contribution in [0.4, 0.5) is 4.79 Å². The van der Waals surface area contributed by atoms with Gasteiger partial charge in [0.1, 0.15) is 17.7 Å². The standard InChI is InChI=1S/C32H54N4O5/c1-11-12-23(6)34-29(38)28(25-16-14-21(4)19-22(25)5)36(24(7)15-13-20(2)3)30(39)26(17-18-27(33)37)35-31(40)41-32(8,9)10/h14,16,19-20,23-24,26,28H,11-13,15,17-18H2,1-10H3,(H2,33,37)(H,34,38)(H,35,40). The van der Waals surface area contributed by atoms with E-state index in [9.17, 15) is 19.2 Å². The number of carbonyl (C=O) groups excluding carboxylic acids is 4. The van der Waals surface area contributed by atoms with Gasteiger partial charge in [0, 0.05) is 18.5 Å². The number of nitrogens with zero attached hydrogens (tertiary/aromatic N) is 1. The minimum atomic E-state index is -1.12. The molecule has 1 aromatic rings. The van der Waals surface area contributed by atoms with Gasteiger partial charge < -0.3 is 26.0 Å². The zero-order valence-electron chi connectivity index (χ0n) is 26.9. The highest BCUT2D eigenvalue weighted by molar-refractivity contribution is 5.93. The van der Waals surface area contributed by atoms with E-state index in [0.717, 1.165) is 30.4 Å². The molecule has 0 aliphatic heterocycles. The fourth-order valence-corrected chi connectivity index (χ4v) is 4.86. The average molecular weight is 575 g/mol. The van der Waals surface area contributed by atoms with Crippen LogP contribution in [0.25, 0.3) is 0 Å². The lowest BCUT2D eigenvalue weighted by atomic mass is 9.93. The zero-order valence-corrected chi connectivity index (χ0v) is 26.9. The van der Waals surface area contributed by atoms with Gasteiger partial charge in [0.05, 0.1) is 0 Å². The Morgan fingerprint density at radius 2 is 1.59 bits per heavy atom. The topological polar surface area (TPSA) is 131 Å². The smallest absolute Gasteiger partial charge is 0.408 e. The van der Waals surface area contributed by atoms with Crippen LogP contribution in [0.2, 0.25) is 0 Å². The van der Waals surface area contributed by atoms with Crippen LogP contribution in [0.1, 0.15) is 117 Å². The molecule has 41 heavy (non-hydrogen) atoms. The van der Waals surface area contributed by atoms with Crippen LogP contribution in [-0.4, -0.2) is 52.4 Å². The summed E-state index contributed by atoms with van der Waals surface area (Å²) in [5.41, 5.74) is 7.29. The second kappa shape index (κ2) is 16.4. The Hall–Kier alpha value is -3.10.